The van der Waals surface area contributed by atoms with Gasteiger partial charge in [-0.2, -0.15) is 0 Å². The summed E-state index contributed by atoms with van der Waals surface area (Å²) in [4.78, 5) is 8.61. The Balaban J connectivity index is 1.97. The Hall–Kier alpha value is -1.62. The molecule has 0 radical (unpaired) electrons. The summed E-state index contributed by atoms with van der Waals surface area (Å²) in [5.41, 5.74) is 0. The lowest BCUT2D eigenvalue weighted by Crippen LogP contribution is -2.11. The van der Waals surface area contributed by atoms with Crippen molar-refractivity contribution in [1.29, 1.82) is 0 Å². The fourth-order valence-electron chi connectivity index (χ4n) is 1.61. The molecule has 0 spiro atoms. The zero-order valence-electron chi connectivity index (χ0n) is 10.6. The van der Waals surface area contributed by atoms with Gasteiger partial charge in [0.05, 0.1) is 11.6 Å². The van der Waals surface area contributed by atoms with Gasteiger partial charge in [-0.15, -0.1) is 11.3 Å². The molecule has 0 aliphatic rings. The number of nitrogens with one attached hydrogen (secondary N) is 1. The minimum Gasteiger partial charge on any atom is -0.490 e. The van der Waals surface area contributed by atoms with Crippen molar-refractivity contribution < 1.29 is 4.74 Å². The summed E-state index contributed by atoms with van der Waals surface area (Å²) in [7, 11) is 0. The molecule has 96 valence electrons. The van der Waals surface area contributed by atoms with Gasteiger partial charge in [0.1, 0.15) is 0 Å². The molecule has 1 unspecified atom stereocenters. The summed E-state index contributed by atoms with van der Waals surface area (Å²) in [6.07, 6.45) is 3.60. The van der Waals surface area contributed by atoms with Crippen LogP contribution < -0.4 is 10.1 Å². The summed E-state index contributed by atoms with van der Waals surface area (Å²) in [6, 6.07) is 3.80. The summed E-state index contributed by atoms with van der Waals surface area (Å²) in [5.74, 6) is 1.95. The van der Waals surface area contributed by atoms with Crippen LogP contribution in [0.5, 0.6) is 5.75 Å². The highest BCUT2D eigenvalue weighted by atomic mass is 32.1. The van der Waals surface area contributed by atoms with Crippen molar-refractivity contribution in [2.45, 2.75) is 19.8 Å². The highest BCUT2D eigenvalue weighted by molar-refractivity contribution is 7.09. The molecule has 0 saturated heterocycles. The highest BCUT2D eigenvalue weighted by Crippen LogP contribution is 2.23. The maximum Gasteiger partial charge on any atom is 0.168 e. The highest BCUT2D eigenvalue weighted by Gasteiger charge is 2.10. The number of hydrogen-bond donors (Lipinski definition) is 1. The lowest BCUT2D eigenvalue weighted by molar-refractivity contribution is 0.340. The number of aromatic nitrogens is 2. The fourth-order valence-corrected chi connectivity index (χ4v) is 2.31. The average molecular weight is 263 g/mol. The van der Waals surface area contributed by atoms with Crippen LogP contribution in [-0.2, 0) is 0 Å². The summed E-state index contributed by atoms with van der Waals surface area (Å²) in [5, 5.41) is 6.45. The Morgan fingerprint density at radius 1 is 1.39 bits per heavy atom. The van der Waals surface area contributed by atoms with Crippen molar-refractivity contribution in [2.24, 2.45) is 0 Å². The van der Waals surface area contributed by atoms with Crippen LogP contribution in [0.15, 0.2) is 29.9 Å². The van der Waals surface area contributed by atoms with E-state index in [1.165, 1.54) is 0 Å². The third-order valence-corrected chi connectivity index (χ3v) is 3.53. The largest absolute Gasteiger partial charge is 0.490 e. The molecule has 2 rings (SSSR count). The minimum absolute atomic E-state index is 0.362. The summed E-state index contributed by atoms with van der Waals surface area (Å²) in [6.45, 7) is 5.55. The van der Waals surface area contributed by atoms with E-state index in [-0.39, 0.29) is 0 Å². The molecule has 4 nitrogen and oxygen atoms in total. The Kier molecular flexibility index (Phi) is 4.52. The standard InChI is InChI=1S/C13H17N3OS/c1-3-17-11-5-4-6-14-12(11)16-9-10(2)13-15-7-8-18-13/h4-8,10H,3,9H2,1-2H3,(H,14,16). The number of pyridine rings is 1. The summed E-state index contributed by atoms with van der Waals surface area (Å²) >= 11 is 1.68. The van der Waals surface area contributed by atoms with Crippen LogP contribution in [0.1, 0.15) is 24.8 Å². The van der Waals surface area contributed by atoms with Crippen molar-refractivity contribution in [3.63, 3.8) is 0 Å². The third-order valence-electron chi connectivity index (χ3n) is 2.52. The number of ether oxygens (including phenoxy) is 1. The van der Waals surface area contributed by atoms with E-state index < -0.39 is 0 Å². The Morgan fingerprint density at radius 2 is 2.28 bits per heavy atom. The number of hydrogen-bond acceptors (Lipinski definition) is 5. The zero-order valence-corrected chi connectivity index (χ0v) is 11.4. The lowest BCUT2D eigenvalue weighted by Gasteiger charge is -2.13. The van der Waals surface area contributed by atoms with Crippen molar-refractivity contribution in [1.82, 2.24) is 9.97 Å². The second kappa shape index (κ2) is 6.35. The number of thiazole rings is 1. The van der Waals surface area contributed by atoms with E-state index in [0.717, 1.165) is 23.1 Å². The predicted molar refractivity (Wildman–Crippen MR) is 74.4 cm³/mol. The first-order valence-corrected chi connectivity index (χ1v) is 6.90. The van der Waals surface area contributed by atoms with Gasteiger partial charge >= 0.3 is 0 Å². The molecule has 2 heterocycles. The molecular formula is C13H17N3OS. The van der Waals surface area contributed by atoms with Crippen LogP contribution in [0.2, 0.25) is 0 Å². The Labute approximate surface area is 111 Å². The normalized spacial score (nSPS) is 12.1. The van der Waals surface area contributed by atoms with Gasteiger partial charge in [0.2, 0.25) is 0 Å². The van der Waals surface area contributed by atoms with E-state index in [1.54, 1.807) is 17.5 Å². The van der Waals surface area contributed by atoms with Gasteiger partial charge in [-0.3, -0.25) is 0 Å². The van der Waals surface area contributed by atoms with E-state index in [9.17, 15) is 0 Å². The lowest BCUT2D eigenvalue weighted by atomic mass is 10.2. The maximum atomic E-state index is 5.52. The van der Waals surface area contributed by atoms with Crippen LogP contribution >= 0.6 is 11.3 Å². The van der Waals surface area contributed by atoms with Gasteiger partial charge < -0.3 is 10.1 Å². The Morgan fingerprint density at radius 3 is 3.00 bits per heavy atom. The first-order valence-electron chi connectivity index (χ1n) is 6.02. The summed E-state index contributed by atoms with van der Waals surface area (Å²) < 4.78 is 5.52. The first-order chi connectivity index (χ1) is 8.81. The molecule has 1 N–H and O–H groups in total. The van der Waals surface area contributed by atoms with Crippen molar-refractivity contribution in [3.8, 4) is 5.75 Å². The molecule has 0 aromatic carbocycles. The van der Waals surface area contributed by atoms with Gasteiger partial charge in [-0.1, -0.05) is 6.92 Å². The van der Waals surface area contributed by atoms with Crippen LogP contribution in [0.25, 0.3) is 0 Å². The number of rotatable bonds is 6. The quantitative estimate of drug-likeness (QED) is 0.869. The molecule has 18 heavy (non-hydrogen) atoms. The minimum atomic E-state index is 0.362. The zero-order chi connectivity index (χ0) is 12.8. The van der Waals surface area contributed by atoms with Crippen LogP contribution in [0, 0.1) is 0 Å². The molecule has 0 bridgehead atoms. The van der Waals surface area contributed by atoms with Crippen LogP contribution in [0.4, 0.5) is 5.82 Å². The van der Waals surface area contributed by atoms with Crippen molar-refractivity contribution >= 4 is 17.2 Å². The number of nitrogens with zero attached hydrogens (tertiary/aromatic N) is 2. The molecule has 5 heteroatoms. The first kappa shape index (κ1) is 12.8. The van der Waals surface area contributed by atoms with Crippen LogP contribution in [-0.4, -0.2) is 23.1 Å². The molecule has 0 amide bonds. The Bertz CT molecular complexity index is 473. The molecule has 0 fully saturated rings. The van der Waals surface area contributed by atoms with E-state index >= 15 is 0 Å². The monoisotopic (exact) mass is 263 g/mol. The van der Waals surface area contributed by atoms with E-state index in [0.29, 0.717) is 12.5 Å². The second-order valence-electron chi connectivity index (χ2n) is 3.94. The second-order valence-corrected chi connectivity index (χ2v) is 4.86. The molecule has 1 atom stereocenters. The molecule has 0 saturated carbocycles. The van der Waals surface area contributed by atoms with E-state index in [2.05, 4.69) is 22.2 Å². The smallest absolute Gasteiger partial charge is 0.168 e. The molecule has 2 aromatic heterocycles. The van der Waals surface area contributed by atoms with Gasteiger partial charge in [0, 0.05) is 30.2 Å². The average Bonchev–Trinajstić information content (AvgIpc) is 2.92. The van der Waals surface area contributed by atoms with Crippen molar-refractivity contribution in [2.75, 3.05) is 18.5 Å². The van der Waals surface area contributed by atoms with Gasteiger partial charge in [-0.05, 0) is 19.1 Å². The molecule has 0 aliphatic heterocycles. The van der Waals surface area contributed by atoms with Crippen LogP contribution in [0.3, 0.4) is 0 Å². The number of anilines is 1. The molecule has 0 aliphatic carbocycles. The van der Waals surface area contributed by atoms with E-state index in [4.69, 9.17) is 4.74 Å². The maximum absolute atomic E-state index is 5.52. The van der Waals surface area contributed by atoms with E-state index in [1.807, 2.05) is 30.6 Å². The SMILES string of the molecule is CCOc1cccnc1NCC(C)c1nccs1. The molecule has 2 aromatic rings. The predicted octanol–water partition coefficient (Wildman–Crippen LogP) is 3.15. The van der Waals surface area contributed by atoms with Gasteiger partial charge in [0.25, 0.3) is 0 Å². The van der Waals surface area contributed by atoms with Crippen molar-refractivity contribution in [3.05, 3.63) is 34.9 Å². The van der Waals surface area contributed by atoms with Gasteiger partial charge in [-0.25, -0.2) is 9.97 Å². The topological polar surface area (TPSA) is 47.0 Å². The molecular weight excluding hydrogens is 246 g/mol. The van der Waals surface area contributed by atoms with Gasteiger partial charge in [0.15, 0.2) is 11.6 Å². The third kappa shape index (κ3) is 3.20. The fraction of sp³-hybridized carbons (Fsp3) is 0.385.